The van der Waals surface area contributed by atoms with Crippen LogP contribution in [0.25, 0.3) is 0 Å². The van der Waals surface area contributed by atoms with Crippen LogP contribution in [0.1, 0.15) is 39.5 Å². The molecule has 0 bridgehead atoms. The molecule has 0 aliphatic carbocycles. The Kier molecular flexibility index (Phi) is 4.43. The lowest BCUT2D eigenvalue weighted by Gasteiger charge is -2.24. The molecule has 1 aliphatic rings. The van der Waals surface area contributed by atoms with Crippen molar-refractivity contribution >= 4 is 5.78 Å². The molecular weight excluding hydrogens is 162 g/mol. The van der Waals surface area contributed by atoms with Crippen LogP contribution in [-0.4, -0.2) is 18.9 Å². The third kappa shape index (κ3) is 2.80. The van der Waals surface area contributed by atoms with Crippen LogP contribution in [0.4, 0.5) is 0 Å². The maximum Gasteiger partial charge on any atom is 0.139 e. The molecule has 2 heteroatoms. The van der Waals surface area contributed by atoms with E-state index in [9.17, 15) is 4.79 Å². The van der Waals surface area contributed by atoms with E-state index in [0.717, 1.165) is 38.8 Å². The Hall–Kier alpha value is -0.370. The Morgan fingerprint density at radius 2 is 1.85 bits per heavy atom. The first-order chi connectivity index (χ1) is 6.29. The fraction of sp³-hybridized carbons (Fsp3) is 0.909. The first-order valence-corrected chi connectivity index (χ1v) is 5.54. The van der Waals surface area contributed by atoms with Gasteiger partial charge < -0.3 is 5.32 Å². The fourth-order valence-corrected chi connectivity index (χ4v) is 2.13. The van der Waals surface area contributed by atoms with Gasteiger partial charge in [0.1, 0.15) is 5.78 Å². The molecule has 0 aromatic carbocycles. The van der Waals surface area contributed by atoms with E-state index in [1.165, 1.54) is 0 Å². The van der Waals surface area contributed by atoms with Gasteiger partial charge in [0, 0.05) is 11.8 Å². The number of carbonyl (C=O) groups is 1. The Morgan fingerprint density at radius 3 is 2.31 bits per heavy atom. The van der Waals surface area contributed by atoms with Gasteiger partial charge in [-0.15, -0.1) is 0 Å². The molecule has 1 fully saturated rings. The molecule has 1 saturated heterocycles. The largest absolute Gasteiger partial charge is 0.317 e. The van der Waals surface area contributed by atoms with Crippen LogP contribution in [0, 0.1) is 11.8 Å². The number of ketones is 1. The zero-order chi connectivity index (χ0) is 9.68. The van der Waals surface area contributed by atoms with Crippen LogP contribution in [0.5, 0.6) is 0 Å². The molecule has 0 aromatic rings. The van der Waals surface area contributed by atoms with Gasteiger partial charge in [0.2, 0.25) is 0 Å². The summed E-state index contributed by atoms with van der Waals surface area (Å²) in [7, 11) is 0. The van der Waals surface area contributed by atoms with Crippen molar-refractivity contribution in [1.29, 1.82) is 0 Å². The Balaban J connectivity index is 2.44. The predicted octanol–water partition coefficient (Wildman–Crippen LogP) is 1.99. The molecule has 13 heavy (non-hydrogen) atoms. The van der Waals surface area contributed by atoms with Gasteiger partial charge in [-0.05, 0) is 38.8 Å². The van der Waals surface area contributed by atoms with E-state index in [1.54, 1.807) is 0 Å². The van der Waals surface area contributed by atoms with Crippen molar-refractivity contribution in [1.82, 2.24) is 5.32 Å². The van der Waals surface area contributed by atoms with Crippen LogP contribution < -0.4 is 5.32 Å². The number of carbonyl (C=O) groups excluding carboxylic acids is 1. The van der Waals surface area contributed by atoms with Crippen LogP contribution in [0.3, 0.4) is 0 Å². The average molecular weight is 183 g/mol. The number of Topliss-reactive ketones (excluding diaryl/α,β-unsaturated/α-hetero) is 1. The van der Waals surface area contributed by atoms with Crippen molar-refractivity contribution in [3.63, 3.8) is 0 Å². The molecule has 1 heterocycles. The minimum atomic E-state index is 0.322. The Morgan fingerprint density at radius 1 is 1.31 bits per heavy atom. The Bertz CT molecular complexity index is 157. The highest BCUT2D eigenvalue weighted by Gasteiger charge is 2.25. The third-order valence-electron chi connectivity index (χ3n) is 3.13. The summed E-state index contributed by atoms with van der Waals surface area (Å²) in [5, 5.41) is 3.29. The molecule has 0 aromatic heterocycles. The molecule has 1 aliphatic heterocycles. The summed E-state index contributed by atoms with van der Waals surface area (Å²) in [6.07, 6.45) is 4.13. The molecule has 0 unspecified atom stereocenters. The highest BCUT2D eigenvalue weighted by Crippen LogP contribution is 2.21. The van der Waals surface area contributed by atoms with E-state index in [0.29, 0.717) is 17.6 Å². The third-order valence-corrected chi connectivity index (χ3v) is 3.13. The second-order valence-electron chi connectivity index (χ2n) is 3.94. The van der Waals surface area contributed by atoms with Gasteiger partial charge in [0.15, 0.2) is 0 Å². The van der Waals surface area contributed by atoms with Gasteiger partial charge >= 0.3 is 0 Å². The monoisotopic (exact) mass is 183 g/mol. The topological polar surface area (TPSA) is 29.1 Å². The van der Waals surface area contributed by atoms with Crippen molar-refractivity contribution in [2.45, 2.75) is 39.5 Å². The summed E-state index contributed by atoms with van der Waals surface area (Å²) in [6.45, 7) is 6.29. The fourth-order valence-electron chi connectivity index (χ4n) is 2.13. The van der Waals surface area contributed by atoms with E-state index >= 15 is 0 Å². The maximum absolute atomic E-state index is 11.9. The molecule has 0 saturated carbocycles. The second kappa shape index (κ2) is 5.38. The van der Waals surface area contributed by atoms with Gasteiger partial charge in [-0.2, -0.15) is 0 Å². The number of hydrogen-bond acceptors (Lipinski definition) is 2. The van der Waals surface area contributed by atoms with E-state index in [4.69, 9.17) is 0 Å². The smallest absolute Gasteiger partial charge is 0.139 e. The highest BCUT2D eigenvalue weighted by molar-refractivity contribution is 5.83. The van der Waals surface area contributed by atoms with Gasteiger partial charge in [-0.25, -0.2) is 0 Å². The number of piperidine rings is 1. The highest BCUT2D eigenvalue weighted by atomic mass is 16.1. The van der Waals surface area contributed by atoms with E-state index in [2.05, 4.69) is 19.2 Å². The van der Waals surface area contributed by atoms with Crippen molar-refractivity contribution in [3.05, 3.63) is 0 Å². The molecule has 0 amide bonds. The van der Waals surface area contributed by atoms with Gasteiger partial charge in [0.25, 0.3) is 0 Å². The minimum Gasteiger partial charge on any atom is -0.317 e. The lowest BCUT2D eigenvalue weighted by atomic mass is 9.84. The predicted molar refractivity (Wildman–Crippen MR) is 54.7 cm³/mol. The molecule has 2 nitrogen and oxygen atoms in total. The summed E-state index contributed by atoms with van der Waals surface area (Å²) in [5.41, 5.74) is 0. The lowest BCUT2D eigenvalue weighted by Crippen LogP contribution is -2.34. The van der Waals surface area contributed by atoms with Gasteiger partial charge in [0.05, 0.1) is 0 Å². The van der Waals surface area contributed by atoms with E-state index < -0.39 is 0 Å². The zero-order valence-electron chi connectivity index (χ0n) is 8.81. The van der Waals surface area contributed by atoms with Crippen molar-refractivity contribution in [3.8, 4) is 0 Å². The zero-order valence-corrected chi connectivity index (χ0v) is 8.81. The number of nitrogens with one attached hydrogen (secondary N) is 1. The summed E-state index contributed by atoms with van der Waals surface area (Å²) in [5.74, 6) is 1.20. The first kappa shape index (κ1) is 10.7. The molecular formula is C11H21NO. The number of hydrogen-bond donors (Lipinski definition) is 1. The second-order valence-corrected chi connectivity index (χ2v) is 3.94. The lowest BCUT2D eigenvalue weighted by molar-refractivity contribution is -0.127. The summed E-state index contributed by atoms with van der Waals surface area (Å²) >= 11 is 0. The average Bonchev–Trinajstić information content (AvgIpc) is 2.21. The quantitative estimate of drug-likeness (QED) is 0.722. The maximum atomic E-state index is 11.9. The van der Waals surface area contributed by atoms with Gasteiger partial charge in [-0.3, -0.25) is 4.79 Å². The SMILES string of the molecule is CCC(CC)C(=O)C1CCNCC1. The minimum absolute atomic E-state index is 0.322. The summed E-state index contributed by atoms with van der Waals surface area (Å²) < 4.78 is 0. The standard InChI is InChI=1S/C11H21NO/c1-3-9(4-2)11(13)10-5-7-12-8-6-10/h9-10,12H,3-8H2,1-2H3. The molecule has 76 valence electrons. The van der Waals surface area contributed by atoms with Crippen molar-refractivity contribution in [2.24, 2.45) is 11.8 Å². The van der Waals surface area contributed by atoms with Crippen molar-refractivity contribution < 1.29 is 4.79 Å². The van der Waals surface area contributed by atoms with Crippen molar-refractivity contribution in [2.75, 3.05) is 13.1 Å². The first-order valence-electron chi connectivity index (χ1n) is 5.54. The normalized spacial score (nSPS) is 19.3. The van der Waals surface area contributed by atoms with Crippen LogP contribution in [0.15, 0.2) is 0 Å². The molecule has 1 N–H and O–H groups in total. The van der Waals surface area contributed by atoms with Crippen LogP contribution >= 0.6 is 0 Å². The Labute approximate surface area is 81.1 Å². The molecule has 0 spiro atoms. The van der Waals surface area contributed by atoms with Gasteiger partial charge in [-0.1, -0.05) is 13.8 Å². The van der Waals surface area contributed by atoms with E-state index in [-0.39, 0.29) is 0 Å². The van der Waals surface area contributed by atoms with Crippen LogP contribution in [-0.2, 0) is 4.79 Å². The van der Waals surface area contributed by atoms with E-state index in [1.807, 2.05) is 0 Å². The molecule has 0 radical (unpaired) electrons. The number of rotatable bonds is 4. The van der Waals surface area contributed by atoms with Crippen LogP contribution in [0.2, 0.25) is 0 Å². The molecule has 1 rings (SSSR count). The molecule has 0 atom stereocenters. The summed E-state index contributed by atoms with van der Waals surface area (Å²) in [6, 6.07) is 0. The summed E-state index contributed by atoms with van der Waals surface area (Å²) in [4.78, 5) is 11.9.